The lowest BCUT2D eigenvalue weighted by atomic mass is 10.2. The van der Waals surface area contributed by atoms with Gasteiger partial charge in [0.15, 0.2) is 6.23 Å². The van der Waals surface area contributed by atoms with Crippen molar-refractivity contribution in [3.8, 4) is 0 Å². The molecule has 0 aromatic rings. The van der Waals surface area contributed by atoms with Gasteiger partial charge in [-0.05, 0) is 19.9 Å². The van der Waals surface area contributed by atoms with E-state index in [-0.39, 0.29) is 6.23 Å². The summed E-state index contributed by atoms with van der Waals surface area (Å²) in [5, 5.41) is 3.03. The van der Waals surface area contributed by atoms with Gasteiger partial charge in [0.2, 0.25) is 0 Å². The number of amides is 1. The van der Waals surface area contributed by atoms with Crippen LogP contribution in [0.5, 0.6) is 0 Å². The molecule has 0 fully saturated rings. The monoisotopic (exact) mass is 174 g/mol. The molecule has 0 heterocycles. The molecule has 12 heavy (non-hydrogen) atoms. The zero-order valence-corrected chi connectivity index (χ0v) is 7.80. The number of hydrogen-bond acceptors (Lipinski definition) is 3. The zero-order chi connectivity index (χ0) is 9.40. The Balaban J connectivity index is 3.19. The molecule has 1 unspecified atom stereocenters. The summed E-state index contributed by atoms with van der Waals surface area (Å²) in [7, 11) is 0. The van der Waals surface area contributed by atoms with Gasteiger partial charge in [0.25, 0.3) is 0 Å². The summed E-state index contributed by atoms with van der Waals surface area (Å²) >= 11 is 0. The van der Waals surface area contributed by atoms with Gasteiger partial charge in [-0.2, -0.15) is 0 Å². The lowest BCUT2D eigenvalue weighted by molar-refractivity contribution is 0.0967. The summed E-state index contributed by atoms with van der Waals surface area (Å²) < 4.78 is 4.66. The molecule has 0 spiro atoms. The fourth-order valence-corrected chi connectivity index (χ4v) is 0.896. The summed E-state index contributed by atoms with van der Waals surface area (Å²) in [5.74, 6) is 0. The van der Waals surface area contributed by atoms with E-state index in [1.807, 2.05) is 0 Å². The third-order valence-electron chi connectivity index (χ3n) is 1.51. The Labute approximate surface area is 73.5 Å². The highest BCUT2D eigenvalue weighted by molar-refractivity contribution is 5.64. The van der Waals surface area contributed by atoms with E-state index in [0.29, 0.717) is 0 Å². The van der Waals surface area contributed by atoms with Crippen molar-refractivity contribution in [2.24, 2.45) is 5.73 Å². The minimum Gasteiger partial charge on any atom is -0.431 e. The summed E-state index contributed by atoms with van der Waals surface area (Å²) in [5.41, 5.74) is 4.82. The second-order valence-electron chi connectivity index (χ2n) is 2.74. The highest BCUT2D eigenvalue weighted by Gasteiger charge is 2.02. The van der Waals surface area contributed by atoms with E-state index >= 15 is 0 Å². The van der Waals surface area contributed by atoms with E-state index in [4.69, 9.17) is 5.73 Å². The van der Waals surface area contributed by atoms with Crippen molar-refractivity contribution >= 4 is 6.09 Å². The fraction of sp³-hybridized carbons (Fsp3) is 0.875. The molecular weight excluding hydrogens is 156 g/mol. The third-order valence-corrected chi connectivity index (χ3v) is 1.51. The van der Waals surface area contributed by atoms with Crippen LogP contribution in [0.15, 0.2) is 0 Å². The van der Waals surface area contributed by atoms with Crippen LogP contribution in [0.2, 0.25) is 0 Å². The first-order valence-electron chi connectivity index (χ1n) is 4.36. The molecule has 0 rings (SSSR count). The smallest absolute Gasteiger partial charge is 0.406 e. The Morgan fingerprint density at radius 3 is 2.75 bits per heavy atom. The molecule has 1 amide bonds. The van der Waals surface area contributed by atoms with Crippen molar-refractivity contribution < 1.29 is 9.53 Å². The molecule has 0 aliphatic carbocycles. The average Bonchev–Trinajstić information content (AvgIpc) is 1.97. The van der Waals surface area contributed by atoms with Crippen molar-refractivity contribution in [2.75, 3.05) is 6.54 Å². The van der Waals surface area contributed by atoms with Crippen LogP contribution >= 0.6 is 0 Å². The van der Waals surface area contributed by atoms with Gasteiger partial charge in [0, 0.05) is 0 Å². The minimum atomic E-state index is -0.731. The van der Waals surface area contributed by atoms with E-state index in [9.17, 15) is 4.79 Å². The standard InChI is InChI=1S/C8H18N2O2/c1-3-4-5-6-10-7(2)12-8(9)11/h7,10H,3-6H2,1-2H3,(H2,9,11). The molecule has 0 aromatic carbocycles. The van der Waals surface area contributed by atoms with Gasteiger partial charge in [-0.15, -0.1) is 0 Å². The van der Waals surface area contributed by atoms with Crippen molar-refractivity contribution in [3.05, 3.63) is 0 Å². The molecule has 0 aliphatic heterocycles. The van der Waals surface area contributed by atoms with E-state index in [0.717, 1.165) is 13.0 Å². The molecule has 0 bridgehead atoms. The van der Waals surface area contributed by atoms with Crippen molar-refractivity contribution in [2.45, 2.75) is 39.3 Å². The first-order valence-corrected chi connectivity index (χ1v) is 4.36. The third kappa shape index (κ3) is 7.34. The van der Waals surface area contributed by atoms with Crippen LogP contribution in [0, 0.1) is 0 Å². The van der Waals surface area contributed by atoms with Gasteiger partial charge < -0.3 is 10.5 Å². The Kier molecular flexibility index (Phi) is 6.47. The average molecular weight is 174 g/mol. The van der Waals surface area contributed by atoms with Gasteiger partial charge in [0.1, 0.15) is 0 Å². The molecular formula is C8H18N2O2. The van der Waals surface area contributed by atoms with Gasteiger partial charge in [-0.25, -0.2) is 4.79 Å². The Hall–Kier alpha value is -0.770. The maximum Gasteiger partial charge on any atom is 0.406 e. The zero-order valence-electron chi connectivity index (χ0n) is 7.80. The second-order valence-corrected chi connectivity index (χ2v) is 2.74. The molecule has 4 heteroatoms. The van der Waals surface area contributed by atoms with Gasteiger partial charge >= 0.3 is 6.09 Å². The Morgan fingerprint density at radius 1 is 1.58 bits per heavy atom. The largest absolute Gasteiger partial charge is 0.431 e. The van der Waals surface area contributed by atoms with Crippen LogP contribution in [0.1, 0.15) is 33.1 Å². The highest BCUT2D eigenvalue weighted by Crippen LogP contribution is 1.92. The molecule has 0 saturated carbocycles. The topological polar surface area (TPSA) is 64.3 Å². The van der Waals surface area contributed by atoms with Crippen LogP contribution in [-0.4, -0.2) is 18.9 Å². The summed E-state index contributed by atoms with van der Waals surface area (Å²) in [6, 6.07) is 0. The van der Waals surface area contributed by atoms with Crippen LogP contribution in [0.4, 0.5) is 4.79 Å². The maximum absolute atomic E-state index is 10.3. The van der Waals surface area contributed by atoms with Crippen LogP contribution in [-0.2, 0) is 4.74 Å². The summed E-state index contributed by atoms with van der Waals surface area (Å²) in [4.78, 5) is 10.3. The Bertz CT molecular complexity index is 128. The lowest BCUT2D eigenvalue weighted by Crippen LogP contribution is -2.33. The molecule has 1 atom stereocenters. The molecule has 4 nitrogen and oxygen atoms in total. The predicted octanol–water partition coefficient (Wildman–Crippen LogP) is 1.21. The van der Waals surface area contributed by atoms with E-state index < -0.39 is 6.09 Å². The molecule has 0 aliphatic rings. The number of ether oxygens (including phenoxy) is 1. The van der Waals surface area contributed by atoms with Crippen LogP contribution < -0.4 is 11.1 Å². The first kappa shape index (κ1) is 11.2. The number of carbonyl (C=O) groups is 1. The lowest BCUT2D eigenvalue weighted by Gasteiger charge is -2.12. The minimum absolute atomic E-state index is 0.278. The summed E-state index contributed by atoms with van der Waals surface area (Å²) in [6.45, 7) is 4.77. The van der Waals surface area contributed by atoms with Crippen molar-refractivity contribution in [1.82, 2.24) is 5.32 Å². The number of nitrogens with two attached hydrogens (primary N) is 1. The number of primary amides is 1. The molecule has 72 valence electrons. The number of rotatable bonds is 6. The van der Waals surface area contributed by atoms with Crippen molar-refractivity contribution in [3.63, 3.8) is 0 Å². The van der Waals surface area contributed by atoms with Crippen molar-refractivity contribution in [1.29, 1.82) is 0 Å². The molecule has 0 saturated heterocycles. The number of unbranched alkanes of at least 4 members (excludes halogenated alkanes) is 2. The number of carbonyl (C=O) groups excluding carboxylic acids is 1. The number of hydrogen-bond donors (Lipinski definition) is 2. The molecule has 0 radical (unpaired) electrons. The predicted molar refractivity (Wildman–Crippen MR) is 47.7 cm³/mol. The van der Waals surface area contributed by atoms with Gasteiger partial charge in [-0.3, -0.25) is 5.32 Å². The highest BCUT2D eigenvalue weighted by atomic mass is 16.6. The van der Waals surface area contributed by atoms with Crippen LogP contribution in [0.3, 0.4) is 0 Å². The molecule has 3 N–H and O–H groups in total. The van der Waals surface area contributed by atoms with Crippen LogP contribution in [0.25, 0.3) is 0 Å². The second kappa shape index (κ2) is 6.91. The van der Waals surface area contributed by atoms with E-state index in [2.05, 4.69) is 17.0 Å². The van der Waals surface area contributed by atoms with Gasteiger partial charge in [-0.1, -0.05) is 19.8 Å². The maximum atomic E-state index is 10.3. The quantitative estimate of drug-likeness (QED) is 0.470. The van der Waals surface area contributed by atoms with E-state index in [1.54, 1.807) is 6.92 Å². The Morgan fingerprint density at radius 2 is 2.25 bits per heavy atom. The SMILES string of the molecule is CCCCCNC(C)OC(N)=O. The molecule has 0 aromatic heterocycles. The van der Waals surface area contributed by atoms with Gasteiger partial charge in [0.05, 0.1) is 0 Å². The fourth-order valence-electron chi connectivity index (χ4n) is 0.896. The summed E-state index contributed by atoms with van der Waals surface area (Å²) in [6.07, 6.45) is 2.47. The number of nitrogens with one attached hydrogen (secondary N) is 1. The first-order chi connectivity index (χ1) is 5.66. The van der Waals surface area contributed by atoms with E-state index in [1.165, 1.54) is 12.8 Å². The normalized spacial score (nSPS) is 12.5.